The zero-order valence-electron chi connectivity index (χ0n) is 11.7. The maximum atomic E-state index is 12.1. The van der Waals surface area contributed by atoms with E-state index in [0.717, 1.165) is 25.8 Å². The second-order valence-electron chi connectivity index (χ2n) is 6.64. The van der Waals surface area contributed by atoms with Gasteiger partial charge in [0.2, 0.25) is 5.91 Å². The van der Waals surface area contributed by atoms with Crippen molar-refractivity contribution in [3.05, 3.63) is 0 Å². The Balaban J connectivity index is 1.71. The van der Waals surface area contributed by atoms with Gasteiger partial charge >= 0.3 is 0 Å². The van der Waals surface area contributed by atoms with Crippen LogP contribution in [0.25, 0.3) is 0 Å². The maximum Gasteiger partial charge on any atom is 0.220 e. The second-order valence-corrected chi connectivity index (χ2v) is 6.64. The predicted octanol–water partition coefficient (Wildman–Crippen LogP) is 2.59. The van der Waals surface area contributed by atoms with Crippen LogP contribution in [0.15, 0.2) is 0 Å². The first-order valence-corrected chi connectivity index (χ1v) is 7.62. The summed E-state index contributed by atoms with van der Waals surface area (Å²) in [6, 6.07) is 0. The Hall–Kier alpha value is -0.570. The highest BCUT2D eigenvalue weighted by atomic mass is 16.1. The molecular formula is C15H28N2O. The monoisotopic (exact) mass is 252 g/mol. The molecule has 0 atom stereocenters. The Labute approximate surface area is 111 Å². The van der Waals surface area contributed by atoms with Gasteiger partial charge < -0.3 is 11.1 Å². The molecule has 0 aliphatic heterocycles. The lowest BCUT2D eigenvalue weighted by Gasteiger charge is -2.30. The van der Waals surface area contributed by atoms with E-state index in [1.165, 1.54) is 38.5 Å². The quantitative estimate of drug-likeness (QED) is 0.808. The third kappa shape index (κ3) is 3.71. The number of nitrogens with two attached hydrogens (primary N) is 1. The summed E-state index contributed by atoms with van der Waals surface area (Å²) >= 11 is 0. The fourth-order valence-electron chi connectivity index (χ4n) is 3.60. The Morgan fingerprint density at radius 2 is 1.72 bits per heavy atom. The van der Waals surface area contributed by atoms with Gasteiger partial charge in [0.25, 0.3) is 0 Å². The van der Waals surface area contributed by atoms with Gasteiger partial charge in [-0.1, -0.05) is 12.8 Å². The van der Waals surface area contributed by atoms with Crippen LogP contribution < -0.4 is 11.1 Å². The Morgan fingerprint density at radius 1 is 1.17 bits per heavy atom. The summed E-state index contributed by atoms with van der Waals surface area (Å²) in [5.74, 6) is 1.57. The molecular weight excluding hydrogens is 224 g/mol. The smallest absolute Gasteiger partial charge is 0.220 e. The molecule has 0 radical (unpaired) electrons. The molecule has 2 aliphatic carbocycles. The zero-order valence-corrected chi connectivity index (χ0v) is 11.7. The lowest BCUT2D eigenvalue weighted by atomic mass is 9.80. The fraction of sp³-hybridized carbons (Fsp3) is 0.933. The van der Waals surface area contributed by atoms with Crippen molar-refractivity contribution in [1.29, 1.82) is 0 Å². The first kappa shape index (κ1) is 13.9. The third-order valence-corrected chi connectivity index (χ3v) is 4.92. The highest BCUT2D eigenvalue weighted by molar-refractivity contribution is 5.77. The molecule has 0 aromatic heterocycles. The number of carbonyl (C=O) groups is 1. The van der Waals surface area contributed by atoms with E-state index < -0.39 is 0 Å². The summed E-state index contributed by atoms with van der Waals surface area (Å²) in [6.45, 7) is 3.01. The molecule has 3 N–H and O–H groups in total. The number of amides is 1. The Morgan fingerprint density at radius 3 is 2.28 bits per heavy atom. The van der Waals surface area contributed by atoms with E-state index in [0.29, 0.717) is 11.8 Å². The topological polar surface area (TPSA) is 55.1 Å². The molecule has 3 nitrogen and oxygen atoms in total. The van der Waals surface area contributed by atoms with Gasteiger partial charge in [0, 0.05) is 12.0 Å². The minimum absolute atomic E-state index is 0.0888. The van der Waals surface area contributed by atoms with Gasteiger partial charge in [-0.15, -0.1) is 0 Å². The Bertz CT molecular complexity index is 276. The summed E-state index contributed by atoms with van der Waals surface area (Å²) in [5.41, 5.74) is 5.79. The molecule has 3 heteroatoms. The normalized spacial score (nSPS) is 31.2. The van der Waals surface area contributed by atoms with Crippen LogP contribution in [0.3, 0.4) is 0 Å². The average Bonchev–Trinajstić information content (AvgIpc) is 2.76. The van der Waals surface area contributed by atoms with Crippen LogP contribution in [-0.4, -0.2) is 18.0 Å². The number of rotatable bonds is 4. The van der Waals surface area contributed by atoms with Crippen LogP contribution in [0.1, 0.15) is 64.7 Å². The van der Waals surface area contributed by atoms with Gasteiger partial charge in [0.15, 0.2) is 0 Å². The van der Waals surface area contributed by atoms with Gasteiger partial charge in [-0.2, -0.15) is 0 Å². The van der Waals surface area contributed by atoms with Gasteiger partial charge in [-0.3, -0.25) is 4.79 Å². The van der Waals surface area contributed by atoms with Crippen molar-refractivity contribution in [3.8, 4) is 0 Å². The van der Waals surface area contributed by atoms with Crippen LogP contribution in [-0.2, 0) is 4.79 Å². The van der Waals surface area contributed by atoms with Crippen LogP contribution in [0.2, 0.25) is 0 Å². The number of carbonyl (C=O) groups excluding carboxylic acids is 1. The van der Waals surface area contributed by atoms with Crippen molar-refractivity contribution >= 4 is 5.91 Å². The second kappa shape index (κ2) is 6.05. The molecule has 2 fully saturated rings. The first-order valence-electron chi connectivity index (χ1n) is 7.62. The largest absolute Gasteiger partial charge is 0.351 e. The predicted molar refractivity (Wildman–Crippen MR) is 74.1 cm³/mol. The van der Waals surface area contributed by atoms with Gasteiger partial charge in [-0.05, 0) is 63.8 Å². The molecule has 0 heterocycles. The molecule has 2 rings (SSSR count). The standard InChI is InChI=1S/C15H28N2O/c1-15(8-2-3-9-15)17-14(18)10-12-4-6-13(11-16)7-5-12/h12-13H,2-11,16H2,1H3,(H,17,18). The average molecular weight is 252 g/mol. The van der Waals surface area contributed by atoms with E-state index in [1.807, 2.05) is 0 Å². The highest BCUT2D eigenvalue weighted by Crippen LogP contribution is 2.32. The van der Waals surface area contributed by atoms with Crippen molar-refractivity contribution in [2.45, 2.75) is 70.3 Å². The first-order chi connectivity index (χ1) is 8.61. The highest BCUT2D eigenvalue weighted by Gasteiger charge is 2.31. The minimum Gasteiger partial charge on any atom is -0.351 e. The molecule has 1 amide bonds. The van der Waals surface area contributed by atoms with Crippen LogP contribution in [0, 0.1) is 11.8 Å². The van der Waals surface area contributed by atoms with Gasteiger partial charge in [0.1, 0.15) is 0 Å². The molecule has 104 valence electrons. The number of hydrogen-bond acceptors (Lipinski definition) is 2. The molecule has 18 heavy (non-hydrogen) atoms. The van der Waals surface area contributed by atoms with Crippen molar-refractivity contribution in [3.63, 3.8) is 0 Å². The summed E-state index contributed by atoms with van der Waals surface area (Å²) in [6.07, 6.45) is 10.4. The summed E-state index contributed by atoms with van der Waals surface area (Å²) < 4.78 is 0. The third-order valence-electron chi connectivity index (χ3n) is 4.92. The lowest BCUT2D eigenvalue weighted by Crippen LogP contribution is -2.44. The lowest BCUT2D eigenvalue weighted by molar-refractivity contribution is -0.124. The molecule has 2 aliphatic rings. The van der Waals surface area contributed by atoms with Crippen LogP contribution in [0.5, 0.6) is 0 Å². The zero-order chi connectivity index (χ0) is 13.0. The summed E-state index contributed by atoms with van der Waals surface area (Å²) in [4.78, 5) is 12.1. The van der Waals surface area contributed by atoms with E-state index in [2.05, 4.69) is 12.2 Å². The fourth-order valence-corrected chi connectivity index (χ4v) is 3.60. The van der Waals surface area contributed by atoms with Crippen molar-refractivity contribution < 1.29 is 4.79 Å². The van der Waals surface area contributed by atoms with Gasteiger partial charge in [-0.25, -0.2) is 0 Å². The SMILES string of the molecule is CC1(NC(=O)CC2CCC(CN)CC2)CCCC1. The van der Waals surface area contributed by atoms with E-state index >= 15 is 0 Å². The van der Waals surface area contributed by atoms with Crippen LogP contribution in [0.4, 0.5) is 0 Å². The maximum absolute atomic E-state index is 12.1. The number of nitrogens with one attached hydrogen (secondary N) is 1. The molecule has 0 spiro atoms. The Kier molecular flexibility index (Phi) is 4.66. The van der Waals surface area contributed by atoms with Crippen molar-refractivity contribution in [1.82, 2.24) is 5.32 Å². The van der Waals surface area contributed by atoms with E-state index in [4.69, 9.17) is 5.73 Å². The molecule has 0 unspecified atom stereocenters. The molecule has 2 saturated carbocycles. The van der Waals surface area contributed by atoms with Crippen molar-refractivity contribution in [2.75, 3.05) is 6.54 Å². The summed E-state index contributed by atoms with van der Waals surface area (Å²) in [7, 11) is 0. The van der Waals surface area contributed by atoms with E-state index in [1.54, 1.807) is 0 Å². The van der Waals surface area contributed by atoms with Crippen LogP contribution >= 0.6 is 0 Å². The minimum atomic E-state index is 0.0888. The molecule has 0 aromatic carbocycles. The molecule has 0 saturated heterocycles. The molecule has 0 bridgehead atoms. The summed E-state index contributed by atoms with van der Waals surface area (Å²) in [5, 5.41) is 3.26. The molecule has 0 aromatic rings. The van der Waals surface area contributed by atoms with Crippen molar-refractivity contribution in [2.24, 2.45) is 17.6 Å². The van der Waals surface area contributed by atoms with E-state index in [-0.39, 0.29) is 11.4 Å². The van der Waals surface area contributed by atoms with Gasteiger partial charge in [0.05, 0.1) is 0 Å². The van der Waals surface area contributed by atoms with E-state index in [9.17, 15) is 4.79 Å². The number of hydrogen-bond donors (Lipinski definition) is 2.